The first-order valence-corrected chi connectivity index (χ1v) is 3.36. The number of nitrogens with two attached hydrogens (primary N) is 1. The van der Waals surface area contributed by atoms with Gasteiger partial charge in [0.05, 0.1) is 0 Å². The van der Waals surface area contributed by atoms with Gasteiger partial charge in [0.2, 0.25) is 0 Å². The van der Waals surface area contributed by atoms with Crippen LogP contribution in [0.4, 0.5) is 5.82 Å². The summed E-state index contributed by atoms with van der Waals surface area (Å²) >= 11 is 3.21. The molecule has 0 bridgehead atoms. The Balaban J connectivity index is 3.29. The highest BCUT2D eigenvalue weighted by molar-refractivity contribution is 9.10. The van der Waals surface area contributed by atoms with Crippen LogP contribution >= 0.6 is 15.9 Å². The summed E-state index contributed by atoms with van der Waals surface area (Å²) in [7, 11) is 1.88. The van der Waals surface area contributed by atoms with E-state index in [1.807, 2.05) is 18.5 Å². The summed E-state index contributed by atoms with van der Waals surface area (Å²) in [5.41, 5.74) is 5.56. The summed E-state index contributed by atoms with van der Waals surface area (Å²) in [4.78, 5) is 4.06. The second kappa shape index (κ2) is 2.02. The molecule has 0 saturated carbocycles. The first-order valence-electron chi connectivity index (χ1n) is 2.57. The number of nitrogen functional groups attached to an aromatic ring is 1. The molecule has 0 aliphatic heterocycles. The zero-order valence-electron chi connectivity index (χ0n) is 5.35. The molecule has 0 fully saturated rings. The molecule has 3 nitrogen and oxygen atoms in total. The average Bonchev–Trinajstić information content (AvgIpc) is 1.98. The van der Waals surface area contributed by atoms with E-state index in [1.54, 1.807) is 0 Å². The van der Waals surface area contributed by atoms with E-state index in [0.29, 0.717) is 5.82 Å². The number of imidazole rings is 1. The maximum Gasteiger partial charge on any atom is 0.148 e. The first kappa shape index (κ1) is 6.61. The standard InChI is InChI=1S/C5H8BrN3/c1-3-8-4(6)5(7)9(3)2/h7H2,1-2H3. The lowest BCUT2D eigenvalue weighted by atomic mass is 10.7. The minimum absolute atomic E-state index is 0.674. The van der Waals surface area contributed by atoms with E-state index in [1.165, 1.54) is 0 Å². The van der Waals surface area contributed by atoms with Gasteiger partial charge in [-0.25, -0.2) is 4.98 Å². The van der Waals surface area contributed by atoms with Gasteiger partial charge in [-0.2, -0.15) is 0 Å². The molecule has 0 saturated heterocycles. The largest absolute Gasteiger partial charge is 0.383 e. The molecule has 9 heavy (non-hydrogen) atoms. The van der Waals surface area contributed by atoms with Crippen LogP contribution in [-0.4, -0.2) is 9.55 Å². The van der Waals surface area contributed by atoms with Crippen LogP contribution in [0.15, 0.2) is 4.60 Å². The van der Waals surface area contributed by atoms with Gasteiger partial charge in [-0.05, 0) is 22.9 Å². The highest BCUT2D eigenvalue weighted by Gasteiger charge is 2.03. The molecule has 2 N–H and O–H groups in total. The SMILES string of the molecule is Cc1nc(Br)c(N)n1C. The summed E-state index contributed by atoms with van der Waals surface area (Å²) < 4.78 is 2.55. The molecule has 0 radical (unpaired) electrons. The molecule has 1 aromatic heterocycles. The zero-order valence-corrected chi connectivity index (χ0v) is 6.94. The van der Waals surface area contributed by atoms with Gasteiger partial charge in [0, 0.05) is 7.05 Å². The zero-order chi connectivity index (χ0) is 7.02. The van der Waals surface area contributed by atoms with Crippen LogP contribution in [0.1, 0.15) is 5.82 Å². The minimum Gasteiger partial charge on any atom is -0.383 e. The average molecular weight is 190 g/mol. The maximum atomic E-state index is 5.56. The molecule has 4 heteroatoms. The normalized spacial score (nSPS) is 10.1. The molecule has 1 aromatic rings. The summed E-state index contributed by atoms with van der Waals surface area (Å²) in [6.45, 7) is 1.90. The number of nitrogens with zero attached hydrogens (tertiary/aromatic N) is 2. The van der Waals surface area contributed by atoms with Gasteiger partial charge in [-0.3, -0.25) is 0 Å². The van der Waals surface area contributed by atoms with E-state index in [2.05, 4.69) is 20.9 Å². The molecule has 0 atom stereocenters. The predicted molar refractivity (Wildman–Crippen MR) is 40.1 cm³/mol. The number of halogens is 1. The molecular formula is C5H8BrN3. The van der Waals surface area contributed by atoms with Gasteiger partial charge in [0.15, 0.2) is 0 Å². The maximum absolute atomic E-state index is 5.56. The van der Waals surface area contributed by atoms with E-state index < -0.39 is 0 Å². The summed E-state index contributed by atoms with van der Waals surface area (Å²) in [5.74, 6) is 1.59. The Morgan fingerprint density at radius 3 is 2.33 bits per heavy atom. The third-order valence-electron chi connectivity index (χ3n) is 1.32. The Hall–Kier alpha value is -0.510. The van der Waals surface area contributed by atoms with Crippen LogP contribution in [-0.2, 0) is 7.05 Å². The number of rotatable bonds is 0. The second-order valence-electron chi connectivity index (χ2n) is 1.89. The first-order chi connectivity index (χ1) is 4.13. The number of aryl methyl sites for hydroxylation is 1. The van der Waals surface area contributed by atoms with Crippen molar-refractivity contribution in [1.29, 1.82) is 0 Å². The Morgan fingerprint density at radius 1 is 1.67 bits per heavy atom. The van der Waals surface area contributed by atoms with Crippen LogP contribution in [0, 0.1) is 6.92 Å². The number of anilines is 1. The second-order valence-corrected chi connectivity index (χ2v) is 2.65. The van der Waals surface area contributed by atoms with Crippen LogP contribution in [0.5, 0.6) is 0 Å². The molecule has 0 spiro atoms. The molecule has 0 aliphatic rings. The Kier molecular flexibility index (Phi) is 1.48. The van der Waals surface area contributed by atoms with Crippen LogP contribution < -0.4 is 5.73 Å². The van der Waals surface area contributed by atoms with Crippen molar-refractivity contribution in [2.24, 2.45) is 7.05 Å². The van der Waals surface area contributed by atoms with Crippen molar-refractivity contribution in [1.82, 2.24) is 9.55 Å². The molecule has 1 rings (SSSR count). The molecule has 0 unspecified atom stereocenters. The lowest BCUT2D eigenvalue weighted by Gasteiger charge is -1.94. The number of hydrogen-bond donors (Lipinski definition) is 1. The predicted octanol–water partition coefficient (Wildman–Crippen LogP) is 1.07. The van der Waals surface area contributed by atoms with Gasteiger partial charge < -0.3 is 10.3 Å². The highest BCUT2D eigenvalue weighted by atomic mass is 79.9. The summed E-state index contributed by atoms with van der Waals surface area (Å²) in [6, 6.07) is 0. The van der Waals surface area contributed by atoms with E-state index in [4.69, 9.17) is 5.73 Å². The Morgan fingerprint density at radius 2 is 2.22 bits per heavy atom. The molecule has 0 aromatic carbocycles. The number of aromatic nitrogens is 2. The molecule has 0 aliphatic carbocycles. The van der Waals surface area contributed by atoms with Crippen molar-refractivity contribution in [2.45, 2.75) is 6.92 Å². The molecule has 0 amide bonds. The van der Waals surface area contributed by atoms with Crippen molar-refractivity contribution in [2.75, 3.05) is 5.73 Å². The van der Waals surface area contributed by atoms with Crippen LogP contribution in [0.3, 0.4) is 0 Å². The summed E-state index contributed by atoms with van der Waals surface area (Å²) in [5, 5.41) is 0. The van der Waals surface area contributed by atoms with Crippen molar-refractivity contribution in [3.8, 4) is 0 Å². The van der Waals surface area contributed by atoms with Crippen molar-refractivity contribution in [3.05, 3.63) is 10.4 Å². The van der Waals surface area contributed by atoms with Crippen LogP contribution in [0.2, 0.25) is 0 Å². The van der Waals surface area contributed by atoms with Gasteiger partial charge in [0.1, 0.15) is 16.2 Å². The number of hydrogen-bond acceptors (Lipinski definition) is 2. The van der Waals surface area contributed by atoms with E-state index in [9.17, 15) is 0 Å². The lowest BCUT2D eigenvalue weighted by Crippen LogP contribution is -1.97. The smallest absolute Gasteiger partial charge is 0.148 e. The van der Waals surface area contributed by atoms with Gasteiger partial charge in [-0.15, -0.1) is 0 Å². The fourth-order valence-corrected chi connectivity index (χ4v) is 1.11. The van der Waals surface area contributed by atoms with Crippen molar-refractivity contribution in [3.63, 3.8) is 0 Å². The van der Waals surface area contributed by atoms with E-state index >= 15 is 0 Å². The summed E-state index contributed by atoms with van der Waals surface area (Å²) in [6.07, 6.45) is 0. The van der Waals surface area contributed by atoms with E-state index in [0.717, 1.165) is 10.4 Å². The lowest BCUT2D eigenvalue weighted by molar-refractivity contribution is 0.868. The van der Waals surface area contributed by atoms with E-state index in [-0.39, 0.29) is 0 Å². The molecule has 50 valence electrons. The molecular weight excluding hydrogens is 182 g/mol. The fraction of sp³-hybridized carbons (Fsp3) is 0.400. The Bertz CT molecular complexity index is 206. The van der Waals surface area contributed by atoms with Crippen LogP contribution in [0.25, 0.3) is 0 Å². The quantitative estimate of drug-likeness (QED) is 0.664. The minimum atomic E-state index is 0.674. The third kappa shape index (κ3) is 0.941. The van der Waals surface area contributed by atoms with Crippen molar-refractivity contribution >= 4 is 21.7 Å². The topological polar surface area (TPSA) is 43.8 Å². The monoisotopic (exact) mass is 189 g/mol. The van der Waals surface area contributed by atoms with Crippen molar-refractivity contribution < 1.29 is 0 Å². The fourth-order valence-electron chi connectivity index (χ4n) is 0.587. The van der Waals surface area contributed by atoms with Gasteiger partial charge in [0.25, 0.3) is 0 Å². The van der Waals surface area contributed by atoms with Gasteiger partial charge >= 0.3 is 0 Å². The third-order valence-corrected chi connectivity index (χ3v) is 1.90. The van der Waals surface area contributed by atoms with Gasteiger partial charge in [-0.1, -0.05) is 0 Å². The molecule has 1 heterocycles. The highest BCUT2D eigenvalue weighted by Crippen LogP contribution is 2.17. The Labute approximate surface area is 62.0 Å².